The molecule has 0 aromatic carbocycles. The van der Waals surface area contributed by atoms with E-state index in [2.05, 4.69) is 46.4 Å². The number of ether oxygens (including phenoxy) is 1. The van der Waals surface area contributed by atoms with Gasteiger partial charge in [0.05, 0.1) is 12.8 Å². The van der Waals surface area contributed by atoms with Gasteiger partial charge in [-0.2, -0.15) is 0 Å². The summed E-state index contributed by atoms with van der Waals surface area (Å²) in [4.78, 5) is 12.6. The molecule has 0 aliphatic heterocycles. The van der Waals surface area contributed by atoms with E-state index in [1.54, 1.807) is 24.5 Å². The molecule has 0 aliphatic rings. The van der Waals surface area contributed by atoms with Crippen LogP contribution in [0.1, 0.15) is 26.5 Å². The predicted molar refractivity (Wildman–Crippen MR) is 72.7 cm³/mol. The second kappa shape index (κ2) is 4.89. The van der Waals surface area contributed by atoms with E-state index < -0.39 is 0 Å². The van der Waals surface area contributed by atoms with Crippen LogP contribution < -0.4 is 10.1 Å². The van der Waals surface area contributed by atoms with Crippen LogP contribution in [0.25, 0.3) is 0 Å². The first-order valence-electron chi connectivity index (χ1n) is 5.58. The number of nitrogens with one attached hydrogen (secondary N) is 1. The monoisotopic (exact) mass is 264 g/mol. The summed E-state index contributed by atoms with van der Waals surface area (Å²) >= 11 is 1.56. The fourth-order valence-corrected chi connectivity index (χ4v) is 2.25. The molecule has 5 nitrogen and oxygen atoms in total. The highest BCUT2D eigenvalue weighted by Crippen LogP contribution is 2.28. The van der Waals surface area contributed by atoms with Gasteiger partial charge in [-0.25, -0.2) is 15.0 Å². The Bertz CT molecular complexity index is 533. The fourth-order valence-electron chi connectivity index (χ4n) is 1.30. The van der Waals surface area contributed by atoms with Crippen LogP contribution in [0.3, 0.4) is 0 Å². The minimum Gasteiger partial charge on any atom is -0.481 e. The Kier molecular flexibility index (Phi) is 3.47. The minimum absolute atomic E-state index is 0.0553. The van der Waals surface area contributed by atoms with Crippen molar-refractivity contribution in [1.82, 2.24) is 15.0 Å². The first kappa shape index (κ1) is 12.8. The molecule has 1 N–H and O–H groups in total. The Morgan fingerprint density at radius 2 is 2.06 bits per heavy atom. The Morgan fingerprint density at radius 3 is 2.67 bits per heavy atom. The molecule has 2 heterocycles. The molecule has 2 aromatic rings. The maximum absolute atomic E-state index is 5.04. The molecule has 96 valence electrons. The van der Waals surface area contributed by atoms with E-state index in [4.69, 9.17) is 4.74 Å². The highest BCUT2D eigenvalue weighted by atomic mass is 32.1. The van der Waals surface area contributed by atoms with Crippen molar-refractivity contribution in [3.63, 3.8) is 0 Å². The molecular formula is C12H16N4OS. The lowest BCUT2D eigenvalue weighted by atomic mass is 9.93. The summed E-state index contributed by atoms with van der Waals surface area (Å²) in [5.41, 5.74) is 1.12. The first-order valence-corrected chi connectivity index (χ1v) is 6.46. The van der Waals surface area contributed by atoms with Gasteiger partial charge in [-0.1, -0.05) is 20.8 Å². The van der Waals surface area contributed by atoms with Crippen LogP contribution in [0.15, 0.2) is 17.8 Å². The van der Waals surface area contributed by atoms with Crippen molar-refractivity contribution >= 4 is 22.3 Å². The zero-order valence-corrected chi connectivity index (χ0v) is 11.7. The second-order valence-electron chi connectivity index (χ2n) is 4.86. The average molecular weight is 264 g/mol. The Labute approximate surface area is 110 Å². The predicted octanol–water partition coefficient (Wildman–Crippen LogP) is 2.98. The summed E-state index contributed by atoms with van der Waals surface area (Å²) < 4.78 is 5.04. The van der Waals surface area contributed by atoms with Crippen molar-refractivity contribution in [2.24, 2.45) is 0 Å². The number of nitrogens with zero attached hydrogens (tertiary/aromatic N) is 3. The smallest absolute Gasteiger partial charge is 0.218 e. The van der Waals surface area contributed by atoms with E-state index in [0.717, 1.165) is 10.8 Å². The van der Waals surface area contributed by atoms with Crippen molar-refractivity contribution in [1.29, 1.82) is 0 Å². The molecule has 2 aromatic heterocycles. The standard InChI is InChI=1S/C12H16N4OS/c1-12(2,3)8-6-18-11(15-8)16-9-5-10(17-4)14-7-13-9/h5-7H,1-4H3,(H,13,14,15,16). The maximum atomic E-state index is 5.04. The lowest BCUT2D eigenvalue weighted by Crippen LogP contribution is -2.11. The number of anilines is 2. The van der Waals surface area contributed by atoms with Crippen LogP contribution in [0.5, 0.6) is 5.88 Å². The molecule has 0 unspecified atom stereocenters. The normalized spacial score (nSPS) is 11.3. The van der Waals surface area contributed by atoms with Gasteiger partial charge in [0.2, 0.25) is 5.88 Å². The zero-order chi connectivity index (χ0) is 13.2. The molecule has 0 saturated heterocycles. The topological polar surface area (TPSA) is 59.9 Å². The summed E-state index contributed by atoms with van der Waals surface area (Å²) in [7, 11) is 1.58. The van der Waals surface area contributed by atoms with E-state index in [1.165, 1.54) is 6.33 Å². The summed E-state index contributed by atoms with van der Waals surface area (Å²) in [5, 5.41) is 6.02. The number of aromatic nitrogens is 3. The van der Waals surface area contributed by atoms with E-state index in [1.807, 2.05) is 0 Å². The first-order chi connectivity index (χ1) is 8.49. The van der Waals surface area contributed by atoms with Crippen LogP contribution in [-0.2, 0) is 5.41 Å². The van der Waals surface area contributed by atoms with Gasteiger partial charge in [-0.05, 0) is 0 Å². The molecule has 0 fully saturated rings. The SMILES string of the molecule is COc1cc(Nc2nc(C(C)(C)C)cs2)ncn1. The third-order valence-electron chi connectivity index (χ3n) is 2.36. The molecule has 0 saturated carbocycles. The summed E-state index contributed by atoms with van der Waals surface area (Å²) in [5.74, 6) is 1.21. The van der Waals surface area contributed by atoms with Crippen LogP contribution in [0.2, 0.25) is 0 Å². The number of hydrogen-bond acceptors (Lipinski definition) is 6. The van der Waals surface area contributed by atoms with Crippen molar-refractivity contribution in [3.8, 4) is 5.88 Å². The molecule has 2 rings (SSSR count). The summed E-state index contributed by atoms with van der Waals surface area (Å²) in [6, 6.07) is 1.73. The molecular weight excluding hydrogens is 248 g/mol. The zero-order valence-electron chi connectivity index (χ0n) is 10.9. The Balaban J connectivity index is 2.16. The molecule has 0 amide bonds. The quantitative estimate of drug-likeness (QED) is 0.923. The van der Waals surface area contributed by atoms with Gasteiger partial charge < -0.3 is 10.1 Å². The summed E-state index contributed by atoms with van der Waals surface area (Å²) in [6.07, 6.45) is 1.46. The van der Waals surface area contributed by atoms with Crippen LogP contribution in [0.4, 0.5) is 10.9 Å². The van der Waals surface area contributed by atoms with E-state index in [9.17, 15) is 0 Å². The van der Waals surface area contributed by atoms with Crippen LogP contribution in [-0.4, -0.2) is 22.1 Å². The lowest BCUT2D eigenvalue weighted by molar-refractivity contribution is 0.397. The lowest BCUT2D eigenvalue weighted by Gasteiger charge is -2.14. The molecule has 0 bridgehead atoms. The largest absolute Gasteiger partial charge is 0.481 e. The average Bonchev–Trinajstić information content (AvgIpc) is 2.77. The van der Waals surface area contributed by atoms with E-state index in [0.29, 0.717) is 11.7 Å². The Morgan fingerprint density at radius 1 is 1.28 bits per heavy atom. The van der Waals surface area contributed by atoms with Gasteiger partial charge in [0.15, 0.2) is 5.13 Å². The van der Waals surface area contributed by atoms with E-state index in [-0.39, 0.29) is 5.41 Å². The molecule has 6 heteroatoms. The van der Waals surface area contributed by atoms with E-state index >= 15 is 0 Å². The highest BCUT2D eigenvalue weighted by Gasteiger charge is 2.17. The number of thiazole rings is 1. The third-order valence-corrected chi connectivity index (χ3v) is 3.12. The van der Waals surface area contributed by atoms with Gasteiger partial charge in [0.1, 0.15) is 12.1 Å². The van der Waals surface area contributed by atoms with Crippen LogP contribution >= 0.6 is 11.3 Å². The molecule has 0 spiro atoms. The molecule has 0 aliphatic carbocycles. The second-order valence-corrected chi connectivity index (χ2v) is 5.72. The number of hydrogen-bond donors (Lipinski definition) is 1. The molecule has 0 atom stereocenters. The Hall–Kier alpha value is -1.69. The number of rotatable bonds is 3. The maximum Gasteiger partial charge on any atom is 0.218 e. The van der Waals surface area contributed by atoms with Gasteiger partial charge in [-0.15, -0.1) is 11.3 Å². The van der Waals surface area contributed by atoms with Gasteiger partial charge in [0.25, 0.3) is 0 Å². The van der Waals surface area contributed by atoms with Gasteiger partial charge >= 0.3 is 0 Å². The number of methoxy groups -OCH3 is 1. The minimum atomic E-state index is 0.0553. The van der Waals surface area contributed by atoms with Gasteiger partial charge in [-0.3, -0.25) is 0 Å². The third kappa shape index (κ3) is 2.95. The van der Waals surface area contributed by atoms with Crippen molar-refractivity contribution in [2.75, 3.05) is 12.4 Å². The van der Waals surface area contributed by atoms with Crippen molar-refractivity contribution in [2.45, 2.75) is 26.2 Å². The molecule has 0 radical (unpaired) electrons. The molecule has 18 heavy (non-hydrogen) atoms. The fraction of sp³-hybridized carbons (Fsp3) is 0.417. The van der Waals surface area contributed by atoms with Gasteiger partial charge in [0, 0.05) is 16.9 Å². The van der Waals surface area contributed by atoms with Crippen molar-refractivity contribution in [3.05, 3.63) is 23.5 Å². The highest BCUT2D eigenvalue weighted by molar-refractivity contribution is 7.13. The van der Waals surface area contributed by atoms with Crippen LogP contribution in [0, 0.1) is 0 Å². The summed E-state index contributed by atoms with van der Waals surface area (Å²) in [6.45, 7) is 6.42. The van der Waals surface area contributed by atoms with Crippen molar-refractivity contribution < 1.29 is 4.74 Å².